The molecule has 0 N–H and O–H groups in total. The number of rotatable bonds is 8. The molecule has 2 aromatic heterocycles. The van der Waals surface area contributed by atoms with E-state index in [9.17, 15) is 0 Å². The van der Waals surface area contributed by atoms with E-state index in [1.54, 1.807) is 0 Å². The molecule has 15 aromatic rings. The quantitative estimate of drug-likeness (QED) is 0.141. The van der Waals surface area contributed by atoms with Crippen LogP contribution in [0.5, 0.6) is 0 Å². The Morgan fingerprint density at radius 3 is 1.38 bits per heavy atom. The third-order valence-electron chi connectivity index (χ3n) is 18.3. The molecule has 0 spiro atoms. The molecule has 404 valence electrons. The van der Waals surface area contributed by atoms with Gasteiger partial charge in [0.1, 0.15) is 11.2 Å². The van der Waals surface area contributed by atoms with Crippen molar-refractivity contribution in [2.24, 2.45) is 0 Å². The highest BCUT2D eigenvalue weighted by molar-refractivity contribution is 7.00. The summed E-state index contributed by atoms with van der Waals surface area (Å²) in [5.74, 6) is 0. The first kappa shape index (κ1) is 49.9. The van der Waals surface area contributed by atoms with E-state index in [2.05, 4.69) is 321 Å². The van der Waals surface area contributed by atoms with Crippen molar-refractivity contribution in [3.05, 3.63) is 297 Å². The number of benzene rings is 13. The largest absolute Gasteiger partial charge is 0.456 e. The lowest BCUT2D eigenvalue weighted by Gasteiger charge is -2.43. The van der Waals surface area contributed by atoms with Crippen molar-refractivity contribution in [1.29, 1.82) is 0 Å². The first-order valence-corrected chi connectivity index (χ1v) is 30.0. The summed E-state index contributed by atoms with van der Waals surface area (Å²) in [4.78, 5) is 2.67. The number of fused-ring (bicyclic) bond motifs is 10. The molecule has 86 heavy (non-hydrogen) atoms. The average molecular weight is 1100 g/mol. The zero-order valence-electron chi connectivity index (χ0n) is 48.1. The molecule has 0 saturated carbocycles. The minimum atomic E-state index is -0.230. The highest BCUT2D eigenvalue weighted by atomic mass is 16.3. The van der Waals surface area contributed by atoms with Crippen LogP contribution in [0.2, 0.25) is 0 Å². The molecule has 0 amide bonds. The van der Waals surface area contributed by atoms with Crippen LogP contribution >= 0.6 is 0 Å². The van der Waals surface area contributed by atoms with E-state index in [4.69, 9.17) is 4.42 Å². The van der Waals surface area contributed by atoms with Gasteiger partial charge in [0.2, 0.25) is 0 Å². The maximum absolute atomic E-state index is 7.01. The second-order valence-electron chi connectivity index (χ2n) is 24.4. The number of anilines is 3. The molecule has 0 unspecified atom stereocenters. The van der Waals surface area contributed by atoms with Gasteiger partial charge in [0, 0.05) is 55.3 Å². The van der Waals surface area contributed by atoms with Crippen molar-refractivity contribution < 1.29 is 4.42 Å². The molecule has 17 rings (SSSR count). The predicted molar refractivity (Wildman–Crippen MR) is 364 cm³/mol. The van der Waals surface area contributed by atoms with Gasteiger partial charge in [-0.3, -0.25) is 0 Å². The van der Waals surface area contributed by atoms with E-state index in [-0.39, 0.29) is 12.1 Å². The van der Waals surface area contributed by atoms with Crippen LogP contribution in [-0.2, 0) is 5.41 Å². The summed E-state index contributed by atoms with van der Waals surface area (Å²) in [6.45, 7) is 6.91. The molecular weight excluding hydrogens is 1040 g/mol. The zero-order valence-corrected chi connectivity index (χ0v) is 48.1. The van der Waals surface area contributed by atoms with Crippen LogP contribution in [0.25, 0.3) is 127 Å². The monoisotopic (exact) mass is 1100 g/mol. The highest BCUT2D eigenvalue weighted by Gasteiger charge is 2.45. The van der Waals surface area contributed by atoms with Crippen LogP contribution in [-0.4, -0.2) is 11.3 Å². The molecule has 3 nitrogen and oxygen atoms in total. The van der Waals surface area contributed by atoms with Crippen LogP contribution in [0.3, 0.4) is 0 Å². The Morgan fingerprint density at radius 2 is 0.791 bits per heavy atom. The van der Waals surface area contributed by atoms with Gasteiger partial charge >= 0.3 is 0 Å². The molecule has 2 aliphatic heterocycles. The van der Waals surface area contributed by atoms with Crippen LogP contribution in [0.1, 0.15) is 26.3 Å². The third kappa shape index (κ3) is 7.97. The first-order chi connectivity index (χ1) is 42.3. The van der Waals surface area contributed by atoms with E-state index in [1.807, 2.05) is 0 Å². The Balaban J connectivity index is 1.02. The van der Waals surface area contributed by atoms with Crippen molar-refractivity contribution in [2.75, 3.05) is 4.90 Å². The summed E-state index contributed by atoms with van der Waals surface area (Å²) in [5.41, 5.74) is 30.0. The van der Waals surface area contributed by atoms with E-state index in [1.165, 1.54) is 105 Å². The number of hydrogen-bond acceptors (Lipinski definition) is 2. The van der Waals surface area contributed by atoms with E-state index in [0.717, 1.165) is 61.1 Å². The van der Waals surface area contributed by atoms with Gasteiger partial charge in [0.25, 0.3) is 6.71 Å². The normalized spacial score (nSPS) is 12.5. The maximum atomic E-state index is 7.01. The second-order valence-corrected chi connectivity index (χ2v) is 24.4. The molecule has 0 saturated heterocycles. The molecule has 2 aliphatic rings. The van der Waals surface area contributed by atoms with Crippen LogP contribution in [0, 0.1) is 0 Å². The molecule has 4 heterocycles. The van der Waals surface area contributed by atoms with E-state index >= 15 is 0 Å². The number of nitrogens with zero attached hydrogens (tertiary/aromatic N) is 2. The summed E-state index contributed by atoms with van der Waals surface area (Å²) in [5, 5.41) is 4.64. The van der Waals surface area contributed by atoms with Crippen LogP contribution in [0.4, 0.5) is 17.1 Å². The zero-order chi connectivity index (χ0) is 57.2. The van der Waals surface area contributed by atoms with E-state index < -0.39 is 0 Å². The molecule has 0 fully saturated rings. The van der Waals surface area contributed by atoms with Crippen molar-refractivity contribution in [2.45, 2.75) is 26.2 Å². The second kappa shape index (κ2) is 19.5. The van der Waals surface area contributed by atoms with Gasteiger partial charge in [0.15, 0.2) is 0 Å². The van der Waals surface area contributed by atoms with Gasteiger partial charge in [-0.05, 0) is 167 Å². The lowest BCUT2D eigenvalue weighted by atomic mass is 9.33. The number of furan rings is 1. The van der Waals surface area contributed by atoms with Crippen molar-refractivity contribution >= 4 is 83.9 Å². The Labute approximate surface area is 501 Å². The maximum Gasteiger partial charge on any atom is 0.252 e. The van der Waals surface area contributed by atoms with Gasteiger partial charge < -0.3 is 13.9 Å². The lowest BCUT2D eigenvalue weighted by Crippen LogP contribution is -2.60. The minimum absolute atomic E-state index is 0.194. The fourth-order valence-corrected chi connectivity index (χ4v) is 14.1. The fraction of sp³-hybridized carbons (Fsp3) is 0.0488. The molecule has 0 radical (unpaired) electrons. The molecule has 0 bridgehead atoms. The van der Waals surface area contributed by atoms with Gasteiger partial charge in [0.05, 0.1) is 11.2 Å². The smallest absolute Gasteiger partial charge is 0.252 e. The Hall–Kier alpha value is -10.7. The van der Waals surface area contributed by atoms with Crippen molar-refractivity contribution in [1.82, 2.24) is 4.57 Å². The average Bonchev–Trinajstić information content (AvgIpc) is 1.32. The van der Waals surface area contributed by atoms with Crippen molar-refractivity contribution in [3.8, 4) is 83.6 Å². The summed E-state index contributed by atoms with van der Waals surface area (Å²) in [6.07, 6.45) is 0. The number of hydrogen-bond donors (Lipinski definition) is 0. The fourth-order valence-electron chi connectivity index (χ4n) is 14.1. The van der Waals surface area contributed by atoms with Crippen LogP contribution in [0.15, 0.2) is 296 Å². The molecule has 0 atom stereocenters. The summed E-state index contributed by atoms with van der Waals surface area (Å²) < 4.78 is 9.65. The number of para-hydroxylation sites is 1. The number of aromatic nitrogens is 1. The van der Waals surface area contributed by atoms with E-state index in [0.29, 0.717) is 0 Å². The summed E-state index contributed by atoms with van der Waals surface area (Å²) in [7, 11) is 0. The molecule has 0 aliphatic carbocycles. The van der Waals surface area contributed by atoms with Crippen molar-refractivity contribution in [3.63, 3.8) is 0 Å². The lowest BCUT2D eigenvalue weighted by molar-refractivity contribution is 0.590. The van der Waals surface area contributed by atoms with Gasteiger partial charge in [-0.2, -0.15) is 0 Å². The van der Waals surface area contributed by atoms with Gasteiger partial charge in [-0.15, -0.1) is 0 Å². The predicted octanol–water partition coefficient (Wildman–Crippen LogP) is 20.3. The standard InChI is InChI=1S/C82H57BN2O/c1-82(2,3)64-48-75-79-76(49-64)85(80-66(55-29-15-7-16-30-55)44-62(54-27-13-6-14-28-54)45-67(80)56-31-17-8-18-32-56)74-50-69-65-37-19-20-38-77(65)86-78(69)51-71(74)83(79)72-47-63(60-36-22-34-58(42-60)53-25-11-5-12-26-53)46-70-68-43-61(39-40-73(68)84(75)81(70)72)59-35-21-33-57(41-59)52-23-9-4-10-24-52/h4-51H,1-3H3. The SMILES string of the molecule is CC(C)(C)c1cc2c3c(c1)-n1c4ccc(-c5cccc(-c6ccccc6)c5)cc4c4cc(-c5cccc(-c6ccccc6)c5)cc(c41)B3c1cc3oc4ccccc4c3cc1N2c1c(-c2ccccc2)cc(-c2ccccc2)cc1-c1ccccc1. The third-order valence-corrected chi connectivity index (χ3v) is 18.3. The Kier molecular flexibility index (Phi) is 11.3. The topological polar surface area (TPSA) is 21.3 Å². The minimum Gasteiger partial charge on any atom is -0.456 e. The van der Waals surface area contributed by atoms with Gasteiger partial charge in [-0.25, -0.2) is 0 Å². The summed E-state index contributed by atoms with van der Waals surface area (Å²) >= 11 is 0. The Morgan fingerprint density at radius 1 is 0.314 bits per heavy atom. The molecule has 4 heteroatoms. The molecule has 13 aromatic carbocycles. The highest BCUT2D eigenvalue weighted by Crippen LogP contribution is 2.52. The van der Waals surface area contributed by atoms with Gasteiger partial charge in [-0.1, -0.05) is 239 Å². The Bertz CT molecular complexity index is 5130. The van der Waals surface area contributed by atoms with Crippen LogP contribution < -0.4 is 21.3 Å². The first-order valence-electron chi connectivity index (χ1n) is 30.0. The molecular formula is C82H57BN2O. The summed E-state index contributed by atoms with van der Waals surface area (Å²) in [6, 6.07) is 108.